The highest BCUT2D eigenvalue weighted by molar-refractivity contribution is 6.00. The van der Waals surface area contributed by atoms with Gasteiger partial charge in [0.15, 0.2) is 17.2 Å². The highest BCUT2D eigenvalue weighted by Crippen LogP contribution is 2.27. The maximum absolute atomic E-state index is 13.6. The van der Waals surface area contributed by atoms with Crippen LogP contribution in [0.25, 0.3) is 11.0 Å². The molecule has 0 atom stereocenters. The number of aryl methyl sites for hydroxylation is 1. The van der Waals surface area contributed by atoms with Gasteiger partial charge in [-0.1, -0.05) is 19.1 Å². The van der Waals surface area contributed by atoms with Crippen LogP contribution < -0.4 is 10.6 Å². The number of nitrogens with one attached hydrogen (secondary N) is 2. The van der Waals surface area contributed by atoms with Gasteiger partial charge in [0, 0.05) is 17.5 Å². The first-order valence-electron chi connectivity index (χ1n) is 6.77. The smallest absolute Gasteiger partial charge is 0.287 e. The minimum absolute atomic E-state index is 0.0263. The zero-order valence-corrected chi connectivity index (χ0v) is 12.0. The molecule has 5 nitrogen and oxygen atoms in total. The van der Waals surface area contributed by atoms with Crippen molar-refractivity contribution in [1.82, 2.24) is 10.6 Å². The van der Waals surface area contributed by atoms with E-state index in [-0.39, 0.29) is 23.8 Å². The lowest BCUT2D eigenvalue weighted by Gasteiger charge is -2.04. The van der Waals surface area contributed by atoms with Gasteiger partial charge in [-0.25, -0.2) is 4.39 Å². The van der Waals surface area contributed by atoms with Crippen molar-refractivity contribution in [1.29, 1.82) is 0 Å². The van der Waals surface area contributed by atoms with Crippen LogP contribution in [0.3, 0.4) is 0 Å². The Morgan fingerprint density at radius 2 is 2.05 bits per heavy atom. The van der Waals surface area contributed by atoms with E-state index >= 15 is 0 Å². The van der Waals surface area contributed by atoms with Crippen molar-refractivity contribution >= 4 is 22.8 Å². The zero-order valence-electron chi connectivity index (χ0n) is 12.0. The number of furan rings is 1. The summed E-state index contributed by atoms with van der Waals surface area (Å²) in [6.07, 6.45) is 0.821. The predicted molar refractivity (Wildman–Crippen MR) is 76.5 cm³/mol. The summed E-state index contributed by atoms with van der Waals surface area (Å²) in [6, 6.07) is 4.51. The molecule has 1 heterocycles. The van der Waals surface area contributed by atoms with Crippen LogP contribution in [0.2, 0.25) is 0 Å². The summed E-state index contributed by atoms with van der Waals surface area (Å²) in [5.41, 5.74) is 0.603. The summed E-state index contributed by atoms with van der Waals surface area (Å²) in [7, 11) is 0. The first-order valence-corrected chi connectivity index (χ1v) is 6.77. The Hall–Kier alpha value is -2.37. The lowest BCUT2D eigenvalue weighted by molar-refractivity contribution is -0.120. The van der Waals surface area contributed by atoms with E-state index in [0.717, 1.165) is 6.42 Å². The number of benzene rings is 1. The van der Waals surface area contributed by atoms with E-state index in [1.807, 2.05) is 6.92 Å². The fourth-order valence-electron chi connectivity index (χ4n) is 1.99. The normalized spacial score (nSPS) is 10.6. The molecular formula is C15H17FN2O3. The lowest BCUT2D eigenvalue weighted by Crippen LogP contribution is -2.37. The van der Waals surface area contributed by atoms with E-state index in [1.54, 1.807) is 19.1 Å². The number of hydrogen-bond donors (Lipinski definition) is 2. The molecule has 0 spiro atoms. The second-order valence-corrected chi connectivity index (χ2v) is 4.71. The fraction of sp³-hybridized carbons (Fsp3) is 0.333. The number of hydrogen-bond acceptors (Lipinski definition) is 3. The number of para-hydroxylation sites is 1. The van der Waals surface area contributed by atoms with Crippen LogP contribution >= 0.6 is 0 Å². The molecule has 0 radical (unpaired) electrons. The fourth-order valence-corrected chi connectivity index (χ4v) is 1.99. The molecule has 2 N–H and O–H groups in total. The second kappa shape index (κ2) is 6.39. The Morgan fingerprint density at radius 3 is 2.71 bits per heavy atom. The molecule has 2 rings (SSSR count). The summed E-state index contributed by atoms with van der Waals surface area (Å²) in [5.74, 6) is -1.30. The molecule has 0 aliphatic rings. The molecule has 0 unspecified atom stereocenters. The highest BCUT2D eigenvalue weighted by Gasteiger charge is 2.19. The monoisotopic (exact) mass is 292 g/mol. The average Bonchev–Trinajstić information content (AvgIpc) is 2.81. The van der Waals surface area contributed by atoms with Gasteiger partial charge in [-0.15, -0.1) is 0 Å². The van der Waals surface area contributed by atoms with Crippen LogP contribution in [0.5, 0.6) is 0 Å². The van der Waals surface area contributed by atoms with Gasteiger partial charge >= 0.3 is 0 Å². The van der Waals surface area contributed by atoms with E-state index in [1.165, 1.54) is 6.07 Å². The second-order valence-electron chi connectivity index (χ2n) is 4.71. The van der Waals surface area contributed by atoms with Crippen molar-refractivity contribution in [2.45, 2.75) is 20.3 Å². The Kier molecular flexibility index (Phi) is 4.57. The van der Waals surface area contributed by atoms with Crippen LogP contribution in [0.4, 0.5) is 4.39 Å². The first-order chi connectivity index (χ1) is 10.0. The Balaban J connectivity index is 2.11. The van der Waals surface area contributed by atoms with Gasteiger partial charge in [-0.05, 0) is 19.4 Å². The van der Waals surface area contributed by atoms with Crippen molar-refractivity contribution in [2.24, 2.45) is 0 Å². The third kappa shape index (κ3) is 3.21. The summed E-state index contributed by atoms with van der Waals surface area (Å²) in [6.45, 7) is 4.03. The van der Waals surface area contributed by atoms with Crippen LogP contribution in [0.1, 0.15) is 29.5 Å². The van der Waals surface area contributed by atoms with Crippen molar-refractivity contribution in [3.63, 3.8) is 0 Å². The third-order valence-electron chi connectivity index (χ3n) is 3.10. The Morgan fingerprint density at radius 1 is 1.29 bits per heavy atom. The van der Waals surface area contributed by atoms with E-state index in [0.29, 0.717) is 17.5 Å². The van der Waals surface area contributed by atoms with Gasteiger partial charge in [-0.2, -0.15) is 0 Å². The van der Waals surface area contributed by atoms with Gasteiger partial charge in [0.05, 0.1) is 6.54 Å². The minimum atomic E-state index is -0.533. The molecule has 0 saturated heterocycles. The minimum Gasteiger partial charge on any atom is -0.448 e. The van der Waals surface area contributed by atoms with E-state index in [4.69, 9.17) is 4.42 Å². The number of carbonyl (C=O) groups is 2. The number of fused-ring (bicyclic) bond motifs is 1. The number of carbonyl (C=O) groups excluding carboxylic acids is 2. The molecule has 112 valence electrons. The lowest BCUT2D eigenvalue weighted by atomic mass is 10.1. The van der Waals surface area contributed by atoms with Gasteiger partial charge in [0.2, 0.25) is 5.91 Å². The van der Waals surface area contributed by atoms with Gasteiger partial charge in [0.25, 0.3) is 5.91 Å². The molecule has 1 aromatic heterocycles. The summed E-state index contributed by atoms with van der Waals surface area (Å²) >= 11 is 0. The van der Waals surface area contributed by atoms with E-state index in [2.05, 4.69) is 10.6 Å². The topological polar surface area (TPSA) is 71.3 Å². The van der Waals surface area contributed by atoms with E-state index < -0.39 is 11.7 Å². The summed E-state index contributed by atoms with van der Waals surface area (Å²) < 4.78 is 18.9. The largest absolute Gasteiger partial charge is 0.448 e. The molecule has 0 saturated carbocycles. The predicted octanol–water partition coefficient (Wildman–Crippen LogP) is 2.14. The zero-order chi connectivity index (χ0) is 15.4. The quantitative estimate of drug-likeness (QED) is 0.887. The molecule has 0 fully saturated rings. The van der Waals surface area contributed by atoms with Crippen molar-refractivity contribution < 1.29 is 18.4 Å². The van der Waals surface area contributed by atoms with Crippen LogP contribution in [-0.2, 0) is 4.79 Å². The summed E-state index contributed by atoms with van der Waals surface area (Å²) in [5, 5.41) is 5.66. The Labute approximate surface area is 121 Å². The number of halogens is 1. The molecule has 0 aliphatic heterocycles. The molecule has 0 aliphatic carbocycles. The third-order valence-corrected chi connectivity index (χ3v) is 3.10. The molecule has 0 bridgehead atoms. The highest BCUT2D eigenvalue weighted by atomic mass is 19.1. The van der Waals surface area contributed by atoms with Crippen LogP contribution in [-0.4, -0.2) is 24.9 Å². The van der Waals surface area contributed by atoms with Gasteiger partial charge in [-0.3, -0.25) is 9.59 Å². The van der Waals surface area contributed by atoms with Gasteiger partial charge < -0.3 is 15.1 Å². The van der Waals surface area contributed by atoms with Crippen molar-refractivity contribution in [2.75, 3.05) is 13.1 Å². The van der Waals surface area contributed by atoms with Crippen LogP contribution in [0.15, 0.2) is 22.6 Å². The maximum atomic E-state index is 13.6. The first kappa shape index (κ1) is 15.0. The van der Waals surface area contributed by atoms with E-state index in [9.17, 15) is 14.0 Å². The maximum Gasteiger partial charge on any atom is 0.287 e. The van der Waals surface area contributed by atoms with Crippen molar-refractivity contribution in [3.05, 3.63) is 35.3 Å². The standard InChI is InChI=1S/C15H17FN2O3/c1-3-7-17-12(19)8-18-15(20)13-9(2)10-5-4-6-11(16)14(10)21-13/h4-6H,3,7-8H2,1-2H3,(H,17,19)(H,18,20). The van der Waals surface area contributed by atoms with Crippen molar-refractivity contribution in [3.8, 4) is 0 Å². The molecule has 6 heteroatoms. The molecule has 2 aromatic rings. The van der Waals surface area contributed by atoms with Crippen LogP contribution in [0, 0.1) is 12.7 Å². The molecular weight excluding hydrogens is 275 g/mol. The molecule has 1 aromatic carbocycles. The Bertz CT molecular complexity index is 679. The SMILES string of the molecule is CCCNC(=O)CNC(=O)c1oc2c(F)cccc2c1C. The molecule has 21 heavy (non-hydrogen) atoms. The molecule has 2 amide bonds. The van der Waals surface area contributed by atoms with Gasteiger partial charge in [0.1, 0.15) is 0 Å². The summed E-state index contributed by atoms with van der Waals surface area (Å²) in [4.78, 5) is 23.4. The number of rotatable bonds is 5. The average molecular weight is 292 g/mol. The number of amides is 2.